The van der Waals surface area contributed by atoms with E-state index in [0.29, 0.717) is 0 Å². The molecular formula is C9H7NNiO. The summed E-state index contributed by atoms with van der Waals surface area (Å²) in [6, 6.07) is 14.7. The SMILES string of the molecule is [N-]=O.[Ni+2].c1ccc2[cH-]ccc2c1. The van der Waals surface area contributed by atoms with Crippen molar-refractivity contribution in [1.29, 1.82) is 0 Å². The van der Waals surface area contributed by atoms with Gasteiger partial charge in [0.2, 0.25) is 0 Å². The summed E-state index contributed by atoms with van der Waals surface area (Å²) in [6.07, 6.45) is 0. The molecule has 0 aliphatic carbocycles. The largest absolute Gasteiger partial charge is 2.00 e. The molecule has 0 saturated carbocycles. The Labute approximate surface area is 80.6 Å². The van der Waals surface area contributed by atoms with Gasteiger partial charge < -0.3 is 10.5 Å². The average Bonchev–Trinajstić information content (AvgIpc) is 2.55. The summed E-state index contributed by atoms with van der Waals surface area (Å²) in [5, 5.41) is 2.66. The van der Waals surface area contributed by atoms with Gasteiger partial charge in [0, 0.05) is 0 Å². The summed E-state index contributed by atoms with van der Waals surface area (Å²) in [5.74, 6) is 0. The van der Waals surface area contributed by atoms with Crippen molar-refractivity contribution in [1.82, 2.24) is 0 Å². The van der Waals surface area contributed by atoms with Crippen LogP contribution in [0.5, 0.6) is 0 Å². The van der Waals surface area contributed by atoms with Crippen LogP contribution in [-0.2, 0) is 16.5 Å². The fourth-order valence-corrected chi connectivity index (χ4v) is 1.07. The van der Waals surface area contributed by atoms with Crippen molar-refractivity contribution < 1.29 is 16.5 Å². The summed E-state index contributed by atoms with van der Waals surface area (Å²) < 4.78 is 0. The van der Waals surface area contributed by atoms with E-state index >= 15 is 0 Å². The van der Waals surface area contributed by atoms with Crippen LogP contribution in [0.1, 0.15) is 0 Å². The molecule has 0 atom stereocenters. The van der Waals surface area contributed by atoms with Crippen LogP contribution in [0.15, 0.2) is 42.5 Å². The predicted molar refractivity (Wildman–Crippen MR) is 46.3 cm³/mol. The average molecular weight is 204 g/mol. The van der Waals surface area contributed by atoms with Crippen LogP contribution in [0.3, 0.4) is 0 Å². The molecule has 0 radical (unpaired) electrons. The molecule has 2 rings (SSSR count). The van der Waals surface area contributed by atoms with Gasteiger partial charge in [-0.25, -0.2) is 0 Å². The van der Waals surface area contributed by atoms with E-state index in [1.54, 1.807) is 0 Å². The van der Waals surface area contributed by atoms with Crippen molar-refractivity contribution in [3.8, 4) is 0 Å². The van der Waals surface area contributed by atoms with Crippen LogP contribution in [-0.4, -0.2) is 0 Å². The number of hydrogen-bond donors (Lipinski definition) is 0. The molecule has 2 aromatic rings. The molecule has 0 unspecified atom stereocenters. The molecule has 0 aromatic heterocycles. The summed E-state index contributed by atoms with van der Waals surface area (Å²) >= 11 is 0. The number of fused-ring (bicyclic) bond motifs is 1. The Morgan fingerprint density at radius 2 is 1.75 bits per heavy atom. The van der Waals surface area contributed by atoms with Crippen LogP contribution >= 0.6 is 0 Å². The Morgan fingerprint density at radius 3 is 2.42 bits per heavy atom. The normalized spacial score (nSPS) is 8.00. The Balaban J connectivity index is 0.000000378. The second-order valence-corrected chi connectivity index (χ2v) is 2.15. The van der Waals surface area contributed by atoms with E-state index in [4.69, 9.17) is 10.5 Å². The van der Waals surface area contributed by atoms with E-state index < -0.39 is 0 Å². The Kier molecular flexibility index (Phi) is 5.06. The number of nitrogens with zero attached hydrogens (tertiary/aromatic N) is 1. The van der Waals surface area contributed by atoms with E-state index in [0.717, 1.165) is 0 Å². The first-order valence-corrected chi connectivity index (χ1v) is 3.25. The van der Waals surface area contributed by atoms with E-state index in [1.807, 2.05) is 0 Å². The maximum Gasteiger partial charge on any atom is 2.00 e. The van der Waals surface area contributed by atoms with Crippen molar-refractivity contribution in [2.24, 2.45) is 0 Å². The monoisotopic (exact) mass is 203 g/mol. The molecule has 0 aliphatic heterocycles. The van der Waals surface area contributed by atoms with Gasteiger partial charge in [-0.05, 0) is 0 Å². The predicted octanol–water partition coefficient (Wildman–Crippen LogP) is 2.88. The second kappa shape index (κ2) is 5.56. The molecule has 2 nitrogen and oxygen atoms in total. The summed E-state index contributed by atoms with van der Waals surface area (Å²) in [6.45, 7) is 0. The van der Waals surface area contributed by atoms with Gasteiger partial charge in [0.1, 0.15) is 0 Å². The first-order valence-electron chi connectivity index (χ1n) is 3.25. The van der Waals surface area contributed by atoms with E-state index in [1.165, 1.54) is 10.8 Å². The van der Waals surface area contributed by atoms with Gasteiger partial charge in [-0.2, -0.15) is 17.5 Å². The standard InChI is InChI=1S/C9H7.NO.Ni/c1-2-5-9-7-3-6-8(9)4-1;1-2;/h1-7H;;/q2*-1;+2. The molecule has 0 amide bonds. The fraction of sp³-hybridized carbons (Fsp3) is 0. The third-order valence-corrected chi connectivity index (χ3v) is 1.55. The fourth-order valence-electron chi connectivity index (χ4n) is 1.07. The van der Waals surface area contributed by atoms with Gasteiger partial charge in [-0.3, -0.25) is 0 Å². The van der Waals surface area contributed by atoms with Crippen molar-refractivity contribution >= 4 is 10.8 Å². The van der Waals surface area contributed by atoms with Crippen molar-refractivity contribution in [3.63, 3.8) is 0 Å². The molecule has 12 heavy (non-hydrogen) atoms. The molecular weight excluding hydrogens is 197 g/mol. The maximum absolute atomic E-state index is 7.25. The number of nitroso groups, excluding NO2 is 1. The zero-order valence-corrected chi connectivity index (χ0v) is 7.20. The van der Waals surface area contributed by atoms with Crippen molar-refractivity contribution in [3.05, 3.63) is 53.0 Å². The van der Waals surface area contributed by atoms with Gasteiger partial charge in [-0.1, -0.05) is 6.07 Å². The third-order valence-electron chi connectivity index (χ3n) is 1.55. The maximum atomic E-state index is 7.25. The Morgan fingerprint density at radius 1 is 1.08 bits per heavy atom. The quantitative estimate of drug-likeness (QED) is 0.480. The van der Waals surface area contributed by atoms with E-state index in [9.17, 15) is 0 Å². The smallest absolute Gasteiger partial charge is 0.577 e. The van der Waals surface area contributed by atoms with E-state index in [-0.39, 0.29) is 16.5 Å². The van der Waals surface area contributed by atoms with Crippen molar-refractivity contribution in [2.45, 2.75) is 0 Å². The minimum Gasteiger partial charge on any atom is -0.577 e. The summed E-state index contributed by atoms with van der Waals surface area (Å²) in [7, 11) is 0. The molecule has 0 fully saturated rings. The Bertz CT molecular complexity index is 302. The first-order chi connectivity index (χ1) is 5.47. The third kappa shape index (κ3) is 2.21. The molecule has 64 valence electrons. The molecule has 0 N–H and O–H groups in total. The molecule has 0 aliphatic rings. The minimum absolute atomic E-state index is 0. The topological polar surface area (TPSA) is 39.4 Å². The second-order valence-electron chi connectivity index (χ2n) is 2.15. The van der Waals surface area contributed by atoms with Crippen molar-refractivity contribution in [2.75, 3.05) is 0 Å². The molecule has 0 heterocycles. The Hall–Kier alpha value is -1.08. The van der Waals surface area contributed by atoms with Gasteiger partial charge in [-0.15, -0.1) is 29.7 Å². The van der Waals surface area contributed by atoms with Gasteiger partial charge in [0.15, 0.2) is 0 Å². The summed E-state index contributed by atoms with van der Waals surface area (Å²) in [4.78, 5) is 7.25. The van der Waals surface area contributed by atoms with Crippen LogP contribution in [0.4, 0.5) is 0 Å². The van der Waals surface area contributed by atoms with Gasteiger partial charge >= 0.3 is 16.5 Å². The number of benzene rings is 1. The summed E-state index contributed by atoms with van der Waals surface area (Å²) in [5.41, 5.74) is 5.75. The number of rotatable bonds is 0. The van der Waals surface area contributed by atoms with Crippen LogP contribution in [0.2, 0.25) is 0 Å². The minimum atomic E-state index is 0. The van der Waals surface area contributed by atoms with Crippen LogP contribution in [0, 0.1) is 4.91 Å². The molecule has 2 aromatic carbocycles. The zero-order chi connectivity index (χ0) is 8.10. The van der Waals surface area contributed by atoms with Crippen LogP contribution < -0.4 is 0 Å². The van der Waals surface area contributed by atoms with Crippen LogP contribution in [0.25, 0.3) is 16.4 Å². The molecule has 0 bridgehead atoms. The molecule has 0 spiro atoms. The zero-order valence-electron chi connectivity index (χ0n) is 6.21. The first kappa shape index (κ1) is 10.9. The number of hydrogen-bond acceptors (Lipinski definition) is 1. The molecule has 3 heteroatoms. The van der Waals surface area contributed by atoms with E-state index in [2.05, 4.69) is 42.5 Å². The van der Waals surface area contributed by atoms with Gasteiger partial charge in [0.25, 0.3) is 0 Å². The van der Waals surface area contributed by atoms with Gasteiger partial charge in [0.05, 0.1) is 0 Å². The molecule has 0 saturated heterocycles.